The molecule has 162 valence electrons. The number of amides is 1. The van der Waals surface area contributed by atoms with Gasteiger partial charge >= 0.3 is 12.1 Å². The quantitative estimate of drug-likeness (QED) is 0.689. The van der Waals surface area contributed by atoms with Crippen LogP contribution in [0.25, 0.3) is 0 Å². The van der Waals surface area contributed by atoms with E-state index in [0.717, 1.165) is 19.5 Å². The Kier molecular flexibility index (Phi) is 7.64. The highest BCUT2D eigenvalue weighted by atomic mass is 16.6. The van der Waals surface area contributed by atoms with Crippen LogP contribution in [-0.2, 0) is 9.47 Å². The Morgan fingerprint density at radius 1 is 1.28 bits per heavy atom. The third kappa shape index (κ3) is 6.20. The number of aromatic nitrogens is 2. The fourth-order valence-corrected chi connectivity index (χ4v) is 3.06. The zero-order valence-electron chi connectivity index (χ0n) is 18.3. The van der Waals surface area contributed by atoms with Crippen molar-refractivity contribution < 1.29 is 19.1 Å². The number of carbonyl (C=O) groups excluding carboxylic acids is 2. The number of likely N-dealkylation sites (tertiary alicyclic amines) is 1. The number of hydrogen-bond donors (Lipinski definition) is 1. The Labute approximate surface area is 172 Å². The average molecular weight is 408 g/mol. The van der Waals surface area contributed by atoms with Crippen LogP contribution in [0.1, 0.15) is 58.3 Å². The molecule has 1 N–H and O–H groups in total. The van der Waals surface area contributed by atoms with Crippen LogP contribution in [-0.4, -0.2) is 71.4 Å². The summed E-state index contributed by atoms with van der Waals surface area (Å²) >= 11 is 0. The Bertz CT molecular complexity index is 715. The summed E-state index contributed by atoms with van der Waals surface area (Å²) in [6.45, 7) is 14.2. The van der Waals surface area contributed by atoms with E-state index in [1.807, 2.05) is 39.5 Å². The summed E-state index contributed by atoms with van der Waals surface area (Å²) in [4.78, 5) is 37.2. The maximum atomic E-state index is 12.3. The van der Waals surface area contributed by atoms with Gasteiger partial charge in [-0.05, 0) is 48.0 Å². The lowest BCUT2D eigenvalue weighted by atomic mass is 10.2. The van der Waals surface area contributed by atoms with Crippen molar-refractivity contribution in [2.75, 3.05) is 43.0 Å². The topological polar surface area (TPSA) is 96.9 Å². The number of nitrogens with one attached hydrogen (secondary N) is 1. The van der Waals surface area contributed by atoms with Crippen LogP contribution >= 0.6 is 0 Å². The maximum absolute atomic E-state index is 12.3. The molecule has 0 saturated carbocycles. The Morgan fingerprint density at radius 2 is 1.97 bits per heavy atom. The molecule has 0 aromatic carbocycles. The number of nitrogens with zero attached hydrogens (tertiary/aromatic N) is 4. The minimum atomic E-state index is -0.537. The second-order valence-electron chi connectivity index (χ2n) is 7.88. The third-order valence-electron chi connectivity index (χ3n) is 4.50. The van der Waals surface area contributed by atoms with Gasteiger partial charge in [-0.1, -0.05) is 0 Å². The third-order valence-corrected chi connectivity index (χ3v) is 4.50. The summed E-state index contributed by atoms with van der Waals surface area (Å²) in [5, 5.41) is 3.31. The van der Waals surface area contributed by atoms with Crippen LogP contribution in [0.3, 0.4) is 0 Å². The first kappa shape index (κ1) is 22.7. The number of rotatable bonds is 7. The highest BCUT2D eigenvalue weighted by Gasteiger charge is 2.31. The van der Waals surface area contributed by atoms with E-state index in [0.29, 0.717) is 30.4 Å². The fourth-order valence-electron chi connectivity index (χ4n) is 3.06. The molecule has 1 amide bonds. The van der Waals surface area contributed by atoms with Gasteiger partial charge in [0.15, 0.2) is 0 Å². The Hall–Kier alpha value is -2.58. The fraction of sp³-hybridized carbons (Fsp3) is 0.700. The van der Waals surface area contributed by atoms with Gasteiger partial charge < -0.3 is 24.6 Å². The van der Waals surface area contributed by atoms with Crippen LogP contribution in [0.15, 0.2) is 6.20 Å². The van der Waals surface area contributed by atoms with E-state index in [-0.39, 0.29) is 18.7 Å². The van der Waals surface area contributed by atoms with Crippen molar-refractivity contribution in [2.24, 2.45) is 0 Å². The minimum Gasteiger partial charge on any atom is -0.462 e. The lowest BCUT2D eigenvalue weighted by Gasteiger charge is -2.24. The van der Waals surface area contributed by atoms with Crippen molar-refractivity contribution in [3.05, 3.63) is 11.8 Å². The standard InChI is InChI=1S/C20H33N5O4/c1-7-24(8-2)18-21-12-15(17(26)28-9-3)16(23-18)22-14-10-11-25(13-14)19(27)29-20(4,5)6/h12,14H,7-11,13H2,1-6H3,(H,21,22,23)/t14-/m0/s1. The molecule has 0 aliphatic carbocycles. The molecule has 29 heavy (non-hydrogen) atoms. The van der Waals surface area contributed by atoms with Gasteiger partial charge in [-0.3, -0.25) is 0 Å². The van der Waals surface area contributed by atoms with E-state index < -0.39 is 11.6 Å². The Balaban J connectivity index is 2.18. The van der Waals surface area contributed by atoms with E-state index in [2.05, 4.69) is 15.3 Å². The van der Waals surface area contributed by atoms with Gasteiger partial charge in [0.2, 0.25) is 5.95 Å². The molecule has 1 aromatic rings. The van der Waals surface area contributed by atoms with Crippen LogP contribution in [0.4, 0.5) is 16.6 Å². The van der Waals surface area contributed by atoms with E-state index in [1.165, 1.54) is 6.20 Å². The first-order valence-corrected chi connectivity index (χ1v) is 10.2. The zero-order chi connectivity index (χ0) is 21.6. The van der Waals surface area contributed by atoms with E-state index >= 15 is 0 Å². The SMILES string of the molecule is CCOC(=O)c1cnc(N(CC)CC)nc1N[C@H]1CCN(C(=O)OC(C)(C)C)C1. The molecule has 2 rings (SSSR count). The largest absolute Gasteiger partial charge is 0.462 e. The summed E-state index contributed by atoms with van der Waals surface area (Å²) in [5.74, 6) is 0.507. The van der Waals surface area contributed by atoms with Crippen molar-refractivity contribution in [1.29, 1.82) is 0 Å². The maximum Gasteiger partial charge on any atom is 0.410 e. The molecule has 9 nitrogen and oxygen atoms in total. The van der Waals surface area contributed by atoms with Crippen molar-refractivity contribution in [1.82, 2.24) is 14.9 Å². The van der Waals surface area contributed by atoms with Gasteiger partial charge in [0, 0.05) is 38.4 Å². The first-order chi connectivity index (χ1) is 13.7. The number of hydrogen-bond acceptors (Lipinski definition) is 8. The minimum absolute atomic E-state index is 0.0462. The van der Waals surface area contributed by atoms with Crippen LogP contribution in [0.5, 0.6) is 0 Å². The van der Waals surface area contributed by atoms with Gasteiger partial charge in [0.05, 0.1) is 6.61 Å². The lowest BCUT2D eigenvalue weighted by Crippen LogP contribution is -2.36. The molecule has 1 aliphatic rings. The van der Waals surface area contributed by atoms with Crippen molar-refractivity contribution >= 4 is 23.8 Å². The molecular formula is C20H33N5O4. The van der Waals surface area contributed by atoms with Crippen molar-refractivity contribution in [3.63, 3.8) is 0 Å². The van der Waals surface area contributed by atoms with Crippen LogP contribution < -0.4 is 10.2 Å². The second kappa shape index (κ2) is 9.76. The summed E-state index contributed by atoms with van der Waals surface area (Å²) in [6, 6.07) is -0.0462. The number of anilines is 2. The molecule has 1 aliphatic heterocycles. The Morgan fingerprint density at radius 3 is 2.55 bits per heavy atom. The zero-order valence-corrected chi connectivity index (χ0v) is 18.3. The lowest BCUT2D eigenvalue weighted by molar-refractivity contribution is 0.0293. The predicted octanol–water partition coefficient (Wildman–Crippen LogP) is 2.92. The summed E-state index contributed by atoms with van der Waals surface area (Å²) in [7, 11) is 0. The summed E-state index contributed by atoms with van der Waals surface area (Å²) in [6.07, 6.45) is 1.90. The molecule has 0 spiro atoms. The highest BCUT2D eigenvalue weighted by Crippen LogP contribution is 2.22. The average Bonchev–Trinajstić information content (AvgIpc) is 3.10. The molecule has 0 bridgehead atoms. The molecule has 9 heteroatoms. The highest BCUT2D eigenvalue weighted by molar-refractivity contribution is 5.94. The smallest absolute Gasteiger partial charge is 0.410 e. The summed E-state index contributed by atoms with van der Waals surface area (Å²) in [5.41, 5.74) is -0.246. The van der Waals surface area contributed by atoms with Gasteiger partial charge in [-0.15, -0.1) is 0 Å². The monoisotopic (exact) mass is 407 g/mol. The van der Waals surface area contributed by atoms with E-state index in [9.17, 15) is 9.59 Å². The molecule has 1 aromatic heterocycles. The number of esters is 1. The van der Waals surface area contributed by atoms with Crippen molar-refractivity contribution in [2.45, 2.75) is 59.6 Å². The van der Waals surface area contributed by atoms with Crippen LogP contribution in [0, 0.1) is 0 Å². The normalized spacial score (nSPS) is 16.5. The van der Waals surface area contributed by atoms with Gasteiger partial charge in [0.1, 0.15) is 17.0 Å². The molecule has 0 unspecified atom stereocenters. The van der Waals surface area contributed by atoms with Gasteiger partial charge in [-0.25, -0.2) is 14.6 Å². The van der Waals surface area contributed by atoms with Crippen molar-refractivity contribution in [3.8, 4) is 0 Å². The molecule has 0 radical (unpaired) electrons. The first-order valence-electron chi connectivity index (χ1n) is 10.2. The van der Waals surface area contributed by atoms with Gasteiger partial charge in [-0.2, -0.15) is 4.98 Å². The van der Waals surface area contributed by atoms with Crippen LogP contribution in [0.2, 0.25) is 0 Å². The number of ether oxygens (including phenoxy) is 2. The molecule has 1 fully saturated rings. The molecule has 1 atom stereocenters. The number of carbonyl (C=O) groups is 2. The van der Waals surface area contributed by atoms with E-state index in [4.69, 9.17) is 9.47 Å². The van der Waals surface area contributed by atoms with E-state index in [1.54, 1.807) is 11.8 Å². The molecule has 2 heterocycles. The predicted molar refractivity (Wildman–Crippen MR) is 111 cm³/mol. The molecule has 1 saturated heterocycles. The summed E-state index contributed by atoms with van der Waals surface area (Å²) < 4.78 is 10.6. The molecular weight excluding hydrogens is 374 g/mol. The van der Waals surface area contributed by atoms with Gasteiger partial charge in [0.25, 0.3) is 0 Å². The second-order valence-corrected chi connectivity index (χ2v) is 7.88.